The van der Waals surface area contributed by atoms with Crippen LogP contribution in [0, 0.1) is 11.3 Å². The molecule has 1 heterocycles. The molecule has 1 aliphatic heterocycles. The third-order valence-corrected chi connectivity index (χ3v) is 5.97. The minimum Gasteiger partial charge on any atom is -0.468 e. The zero-order chi connectivity index (χ0) is 17.3. The molecule has 1 aromatic carbocycles. The number of methoxy groups -OCH3 is 1. The third-order valence-electron chi connectivity index (χ3n) is 5.71. The SMILES string of the molecule is CCC1(CC)C2=CC=CC2C(c2ccc(Cl)cc2)NC1C(=O)OC. The van der Waals surface area contributed by atoms with Crippen LogP contribution in [0.15, 0.2) is 48.1 Å². The van der Waals surface area contributed by atoms with Crippen molar-refractivity contribution in [2.24, 2.45) is 11.3 Å². The van der Waals surface area contributed by atoms with E-state index in [2.05, 4.69) is 37.4 Å². The van der Waals surface area contributed by atoms with E-state index in [4.69, 9.17) is 16.3 Å². The molecule has 1 saturated heterocycles. The van der Waals surface area contributed by atoms with Crippen LogP contribution in [0.4, 0.5) is 0 Å². The van der Waals surface area contributed by atoms with Gasteiger partial charge in [-0.05, 0) is 30.5 Å². The van der Waals surface area contributed by atoms with Gasteiger partial charge in [-0.3, -0.25) is 10.1 Å². The fourth-order valence-corrected chi connectivity index (χ4v) is 4.47. The summed E-state index contributed by atoms with van der Waals surface area (Å²) in [5, 5.41) is 4.31. The van der Waals surface area contributed by atoms with Gasteiger partial charge in [-0.1, -0.05) is 61.4 Å². The highest BCUT2D eigenvalue weighted by atomic mass is 35.5. The van der Waals surface area contributed by atoms with E-state index in [1.54, 1.807) is 0 Å². The first-order valence-corrected chi connectivity index (χ1v) is 8.93. The lowest BCUT2D eigenvalue weighted by Crippen LogP contribution is -2.58. The second-order valence-corrected chi connectivity index (χ2v) is 6.98. The highest BCUT2D eigenvalue weighted by Gasteiger charge is 2.52. The van der Waals surface area contributed by atoms with E-state index in [-0.39, 0.29) is 29.4 Å². The number of piperidine rings is 1. The van der Waals surface area contributed by atoms with E-state index < -0.39 is 0 Å². The van der Waals surface area contributed by atoms with Gasteiger partial charge in [0.1, 0.15) is 6.04 Å². The van der Waals surface area contributed by atoms with Crippen LogP contribution in [0.25, 0.3) is 0 Å². The summed E-state index contributed by atoms with van der Waals surface area (Å²) in [6.45, 7) is 4.31. The van der Waals surface area contributed by atoms with Crippen LogP contribution in [0.3, 0.4) is 0 Å². The molecule has 0 aromatic heterocycles. The van der Waals surface area contributed by atoms with Crippen LogP contribution in [-0.4, -0.2) is 19.1 Å². The maximum atomic E-state index is 12.6. The fraction of sp³-hybridized carbons (Fsp3) is 0.450. The van der Waals surface area contributed by atoms with Gasteiger partial charge in [0.25, 0.3) is 0 Å². The van der Waals surface area contributed by atoms with Crippen molar-refractivity contribution >= 4 is 17.6 Å². The first-order chi connectivity index (χ1) is 11.6. The minimum absolute atomic E-state index is 0.0441. The van der Waals surface area contributed by atoms with Crippen LogP contribution < -0.4 is 5.32 Å². The molecule has 3 atom stereocenters. The third kappa shape index (κ3) is 2.60. The van der Waals surface area contributed by atoms with Gasteiger partial charge in [0, 0.05) is 22.4 Å². The van der Waals surface area contributed by atoms with Gasteiger partial charge in [0.15, 0.2) is 0 Å². The van der Waals surface area contributed by atoms with E-state index in [9.17, 15) is 4.79 Å². The molecule has 1 aliphatic carbocycles. The lowest BCUT2D eigenvalue weighted by Gasteiger charge is -2.50. The van der Waals surface area contributed by atoms with Crippen molar-refractivity contribution in [2.45, 2.75) is 38.8 Å². The van der Waals surface area contributed by atoms with Crippen LogP contribution in [0.5, 0.6) is 0 Å². The predicted octanol–water partition coefficient (Wildman–Crippen LogP) is 4.44. The number of halogens is 1. The van der Waals surface area contributed by atoms with Crippen molar-refractivity contribution < 1.29 is 9.53 Å². The lowest BCUT2D eigenvalue weighted by atomic mass is 9.61. The molecule has 3 nitrogen and oxygen atoms in total. The average Bonchev–Trinajstić information content (AvgIpc) is 3.11. The molecule has 128 valence electrons. The number of esters is 1. The molecule has 0 bridgehead atoms. The second kappa shape index (κ2) is 6.73. The normalized spacial score (nSPS) is 27.5. The molecule has 2 aliphatic rings. The summed E-state index contributed by atoms with van der Waals surface area (Å²) < 4.78 is 5.13. The van der Waals surface area contributed by atoms with Crippen molar-refractivity contribution in [3.05, 3.63) is 58.7 Å². The number of allylic oxidation sites excluding steroid dienone is 2. The largest absolute Gasteiger partial charge is 0.468 e. The molecule has 1 aromatic rings. The van der Waals surface area contributed by atoms with Crippen LogP contribution >= 0.6 is 11.6 Å². The first kappa shape index (κ1) is 17.2. The van der Waals surface area contributed by atoms with Crippen LogP contribution in [0.2, 0.25) is 5.02 Å². The van der Waals surface area contributed by atoms with Gasteiger partial charge in [0.2, 0.25) is 0 Å². The second-order valence-electron chi connectivity index (χ2n) is 6.55. The Hall–Kier alpha value is -1.58. The Morgan fingerprint density at radius 1 is 1.25 bits per heavy atom. The summed E-state index contributed by atoms with van der Waals surface area (Å²) in [4.78, 5) is 12.6. The Labute approximate surface area is 148 Å². The lowest BCUT2D eigenvalue weighted by molar-refractivity contribution is -0.148. The summed E-state index contributed by atoms with van der Waals surface area (Å²) in [5.41, 5.74) is 2.27. The Morgan fingerprint density at radius 2 is 1.92 bits per heavy atom. The molecule has 0 spiro atoms. The number of benzene rings is 1. The maximum absolute atomic E-state index is 12.6. The van der Waals surface area contributed by atoms with Crippen LogP contribution in [0.1, 0.15) is 38.3 Å². The van der Waals surface area contributed by atoms with Crippen molar-refractivity contribution in [2.75, 3.05) is 7.11 Å². The molecule has 24 heavy (non-hydrogen) atoms. The van der Waals surface area contributed by atoms with E-state index in [1.165, 1.54) is 12.7 Å². The number of carbonyl (C=O) groups excluding carboxylic acids is 1. The molecular weight excluding hydrogens is 322 g/mol. The molecule has 3 unspecified atom stereocenters. The first-order valence-electron chi connectivity index (χ1n) is 8.55. The smallest absolute Gasteiger partial charge is 0.323 e. The average molecular weight is 346 g/mol. The van der Waals surface area contributed by atoms with Gasteiger partial charge in [-0.15, -0.1) is 0 Å². The summed E-state index contributed by atoms with van der Waals surface area (Å²) in [6, 6.07) is 7.56. The molecule has 1 N–H and O–H groups in total. The van der Waals surface area contributed by atoms with Crippen molar-refractivity contribution in [3.63, 3.8) is 0 Å². The van der Waals surface area contributed by atoms with Crippen molar-refractivity contribution in [1.29, 1.82) is 0 Å². The Morgan fingerprint density at radius 3 is 2.50 bits per heavy atom. The predicted molar refractivity (Wildman–Crippen MR) is 96.9 cm³/mol. The molecular formula is C20H24ClNO2. The Kier molecular flexibility index (Phi) is 4.84. The monoisotopic (exact) mass is 345 g/mol. The highest BCUT2D eigenvalue weighted by Crippen LogP contribution is 2.52. The zero-order valence-corrected chi connectivity index (χ0v) is 15.1. The summed E-state index contributed by atoms with van der Waals surface area (Å²) in [7, 11) is 1.46. The quantitative estimate of drug-likeness (QED) is 0.819. The van der Waals surface area contributed by atoms with Crippen molar-refractivity contribution in [1.82, 2.24) is 5.32 Å². The van der Waals surface area contributed by atoms with E-state index in [0.717, 1.165) is 18.4 Å². The van der Waals surface area contributed by atoms with E-state index >= 15 is 0 Å². The number of rotatable bonds is 4. The number of carbonyl (C=O) groups is 1. The number of fused-ring (bicyclic) bond motifs is 1. The molecule has 1 fully saturated rings. The van der Waals surface area contributed by atoms with Crippen LogP contribution in [-0.2, 0) is 9.53 Å². The number of nitrogens with one attached hydrogen (secondary N) is 1. The molecule has 3 rings (SSSR count). The van der Waals surface area contributed by atoms with Gasteiger partial charge in [0.05, 0.1) is 7.11 Å². The van der Waals surface area contributed by atoms with E-state index in [0.29, 0.717) is 5.02 Å². The summed E-state index contributed by atoms with van der Waals surface area (Å²) >= 11 is 6.03. The standard InChI is InChI=1S/C20H24ClNO2/c1-4-20(5-2)16-8-6-7-15(16)17(22-18(20)19(23)24-3)13-9-11-14(21)12-10-13/h6-12,15,17-18,22H,4-5H2,1-3H3. The fourth-order valence-electron chi connectivity index (χ4n) is 4.34. The number of hydrogen-bond donors (Lipinski definition) is 1. The van der Waals surface area contributed by atoms with Gasteiger partial charge >= 0.3 is 5.97 Å². The summed E-state index contributed by atoms with van der Waals surface area (Å²) in [5.74, 6) is 0.0656. The Bertz CT molecular complexity index is 673. The van der Waals surface area contributed by atoms with E-state index in [1.807, 2.05) is 24.3 Å². The topological polar surface area (TPSA) is 38.3 Å². The van der Waals surface area contributed by atoms with Gasteiger partial charge in [-0.2, -0.15) is 0 Å². The highest BCUT2D eigenvalue weighted by molar-refractivity contribution is 6.30. The number of ether oxygens (including phenoxy) is 1. The number of hydrogen-bond acceptors (Lipinski definition) is 3. The molecule has 0 radical (unpaired) electrons. The molecule has 0 saturated carbocycles. The maximum Gasteiger partial charge on any atom is 0.323 e. The molecule has 0 amide bonds. The molecule has 4 heteroatoms. The summed E-state index contributed by atoms with van der Waals surface area (Å²) in [6.07, 6.45) is 8.33. The van der Waals surface area contributed by atoms with Gasteiger partial charge in [-0.25, -0.2) is 0 Å². The van der Waals surface area contributed by atoms with Gasteiger partial charge < -0.3 is 4.74 Å². The van der Waals surface area contributed by atoms with Crippen molar-refractivity contribution in [3.8, 4) is 0 Å². The Balaban J connectivity index is 2.06. The zero-order valence-electron chi connectivity index (χ0n) is 14.4. The minimum atomic E-state index is -0.347.